The molecule has 0 radical (unpaired) electrons. The fourth-order valence-electron chi connectivity index (χ4n) is 0.0956. The molecule has 0 amide bonds. The maximum Gasteiger partial charge on any atom is 0.305 e. The Bertz CT molecular complexity index is 65.2. The van der Waals surface area contributed by atoms with Crippen molar-refractivity contribution < 1.29 is 15.0 Å². The summed E-state index contributed by atoms with van der Waals surface area (Å²) < 4.78 is 0. The zero-order chi connectivity index (χ0) is 7.70. The molecular weight excluding hydrogens is 122 g/mol. The summed E-state index contributed by atoms with van der Waals surface area (Å²) in [6.45, 7) is 2.38. The normalized spacial score (nSPS) is 7.44. The van der Waals surface area contributed by atoms with Crippen LogP contribution in [-0.4, -0.2) is 29.3 Å². The molecule has 0 spiro atoms. The first-order chi connectivity index (χ1) is 4.18. The molecule has 0 aromatic carbocycles. The number of aliphatic hydroxyl groups is 1. The number of aliphatic hydroxyl groups excluding tert-OH is 1. The molecule has 0 saturated carbocycles. The van der Waals surface area contributed by atoms with E-state index < -0.39 is 5.97 Å². The summed E-state index contributed by atoms with van der Waals surface area (Å²) in [5, 5.41) is 15.6. The second-order valence-electron chi connectivity index (χ2n) is 1.28. The first-order valence-corrected chi connectivity index (χ1v) is 2.71. The van der Waals surface area contributed by atoms with Crippen molar-refractivity contribution in [3.05, 3.63) is 0 Å². The van der Waals surface area contributed by atoms with Gasteiger partial charge in [-0.05, 0) is 6.54 Å². The highest BCUT2D eigenvalue weighted by molar-refractivity contribution is 5.66. The van der Waals surface area contributed by atoms with Gasteiger partial charge >= 0.3 is 5.97 Å². The summed E-state index contributed by atoms with van der Waals surface area (Å²) in [5.74, 6) is -0.961. The summed E-state index contributed by atoms with van der Waals surface area (Å²) in [6.07, 6.45) is -0.153. The molecule has 4 heteroatoms. The SMILES string of the molecule is CCN.O=C(O)CCO. The molecule has 0 unspecified atom stereocenters. The van der Waals surface area contributed by atoms with Crippen molar-refractivity contribution in [2.45, 2.75) is 13.3 Å². The summed E-state index contributed by atoms with van der Waals surface area (Å²) in [6, 6.07) is 0. The minimum absolute atomic E-state index is 0.153. The van der Waals surface area contributed by atoms with Crippen molar-refractivity contribution in [2.24, 2.45) is 5.73 Å². The van der Waals surface area contributed by atoms with Crippen LogP contribution in [0.2, 0.25) is 0 Å². The molecule has 9 heavy (non-hydrogen) atoms. The number of rotatable bonds is 2. The third-order valence-corrected chi connectivity index (χ3v) is 0.326. The monoisotopic (exact) mass is 135 g/mol. The van der Waals surface area contributed by atoms with Crippen LogP contribution in [0.1, 0.15) is 13.3 Å². The molecule has 0 atom stereocenters. The maximum absolute atomic E-state index is 9.44. The molecule has 0 saturated heterocycles. The molecule has 0 aliphatic rings. The minimum atomic E-state index is -0.961. The van der Waals surface area contributed by atoms with E-state index in [-0.39, 0.29) is 13.0 Å². The van der Waals surface area contributed by atoms with E-state index in [1.54, 1.807) is 0 Å². The average Bonchev–Trinajstić information content (AvgIpc) is 1.67. The summed E-state index contributed by atoms with van der Waals surface area (Å²) in [4.78, 5) is 9.44. The number of hydrogen-bond acceptors (Lipinski definition) is 3. The molecule has 0 aromatic heterocycles. The van der Waals surface area contributed by atoms with Gasteiger partial charge < -0.3 is 15.9 Å². The first-order valence-electron chi connectivity index (χ1n) is 2.71. The second kappa shape index (κ2) is 10.4. The molecular formula is C5H13NO3. The highest BCUT2D eigenvalue weighted by Crippen LogP contribution is 1.70. The summed E-state index contributed by atoms with van der Waals surface area (Å²) in [7, 11) is 0. The van der Waals surface area contributed by atoms with Crippen LogP contribution in [0.3, 0.4) is 0 Å². The molecule has 0 aromatic rings. The van der Waals surface area contributed by atoms with Crippen LogP contribution >= 0.6 is 0 Å². The summed E-state index contributed by atoms with van der Waals surface area (Å²) >= 11 is 0. The van der Waals surface area contributed by atoms with E-state index in [4.69, 9.17) is 15.9 Å². The molecule has 0 bridgehead atoms. The van der Waals surface area contributed by atoms with Crippen LogP contribution in [0.5, 0.6) is 0 Å². The van der Waals surface area contributed by atoms with E-state index in [0.717, 1.165) is 6.54 Å². The Kier molecular flexibility index (Phi) is 13.0. The van der Waals surface area contributed by atoms with Gasteiger partial charge in [0.15, 0.2) is 0 Å². The molecule has 56 valence electrons. The quantitative estimate of drug-likeness (QED) is 0.473. The predicted molar refractivity (Wildman–Crippen MR) is 34.1 cm³/mol. The minimum Gasteiger partial charge on any atom is -0.481 e. The van der Waals surface area contributed by atoms with Crippen LogP contribution in [0.4, 0.5) is 0 Å². The maximum atomic E-state index is 9.44. The largest absolute Gasteiger partial charge is 0.481 e. The van der Waals surface area contributed by atoms with Gasteiger partial charge in [0.05, 0.1) is 13.0 Å². The van der Waals surface area contributed by atoms with Crippen LogP contribution in [0.15, 0.2) is 0 Å². The topological polar surface area (TPSA) is 83.6 Å². The third-order valence-electron chi connectivity index (χ3n) is 0.326. The number of carbonyl (C=O) groups is 1. The van der Waals surface area contributed by atoms with Gasteiger partial charge in [0.2, 0.25) is 0 Å². The molecule has 4 nitrogen and oxygen atoms in total. The van der Waals surface area contributed by atoms with Crippen LogP contribution in [-0.2, 0) is 4.79 Å². The highest BCUT2D eigenvalue weighted by atomic mass is 16.4. The Morgan fingerprint density at radius 1 is 1.67 bits per heavy atom. The van der Waals surface area contributed by atoms with Crippen molar-refractivity contribution >= 4 is 5.97 Å². The van der Waals surface area contributed by atoms with Gasteiger partial charge in [0, 0.05) is 0 Å². The van der Waals surface area contributed by atoms with Gasteiger partial charge in [-0.15, -0.1) is 0 Å². The van der Waals surface area contributed by atoms with Crippen molar-refractivity contribution in [1.29, 1.82) is 0 Å². The van der Waals surface area contributed by atoms with E-state index in [1.807, 2.05) is 6.92 Å². The lowest BCUT2D eigenvalue weighted by Gasteiger charge is -1.79. The van der Waals surface area contributed by atoms with E-state index >= 15 is 0 Å². The zero-order valence-electron chi connectivity index (χ0n) is 5.50. The van der Waals surface area contributed by atoms with Gasteiger partial charge in [-0.1, -0.05) is 6.92 Å². The van der Waals surface area contributed by atoms with E-state index in [1.165, 1.54) is 0 Å². The number of carboxylic acid groups (broad SMARTS) is 1. The standard InChI is InChI=1S/C3H6O3.C2H7N/c4-2-1-3(5)6;1-2-3/h4H,1-2H2,(H,5,6);2-3H2,1H3. The van der Waals surface area contributed by atoms with Crippen LogP contribution < -0.4 is 5.73 Å². The summed E-state index contributed by atoms with van der Waals surface area (Å²) in [5.41, 5.74) is 4.85. The van der Waals surface area contributed by atoms with Gasteiger partial charge in [-0.3, -0.25) is 4.79 Å². The smallest absolute Gasteiger partial charge is 0.305 e. The van der Waals surface area contributed by atoms with Gasteiger partial charge in [-0.2, -0.15) is 0 Å². The predicted octanol–water partition coefficient (Wildman–Crippen LogP) is -0.582. The molecule has 0 heterocycles. The highest BCUT2D eigenvalue weighted by Gasteiger charge is 1.88. The molecule has 0 fully saturated rings. The van der Waals surface area contributed by atoms with Crippen molar-refractivity contribution in [3.63, 3.8) is 0 Å². The Labute approximate surface area is 54.3 Å². The Morgan fingerprint density at radius 2 is 2.00 bits per heavy atom. The fourth-order valence-corrected chi connectivity index (χ4v) is 0.0956. The number of hydrogen-bond donors (Lipinski definition) is 3. The van der Waals surface area contributed by atoms with Gasteiger partial charge in [0.1, 0.15) is 0 Å². The van der Waals surface area contributed by atoms with Crippen molar-refractivity contribution in [3.8, 4) is 0 Å². The van der Waals surface area contributed by atoms with Gasteiger partial charge in [-0.25, -0.2) is 0 Å². The molecule has 4 N–H and O–H groups in total. The average molecular weight is 135 g/mol. The van der Waals surface area contributed by atoms with Crippen molar-refractivity contribution in [1.82, 2.24) is 0 Å². The van der Waals surface area contributed by atoms with E-state index in [9.17, 15) is 4.79 Å². The van der Waals surface area contributed by atoms with E-state index in [0.29, 0.717) is 0 Å². The van der Waals surface area contributed by atoms with Gasteiger partial charge in [0.25, 0.3) is 0 Å². The number of carboxylic acids is 1. The Hall–Kier alpha value is -0.610. The van der Waals surface area contributed by atoms with Crippen LogP contribution in [0, 0.1) is 0 Å². The molecule has 0 aliphatic carbocycles. The molecule has 0 rings (SSSR count). The lowest BCUT2D eigenvalue weighted by atomic mass is 10.5. The Morgan fingerprint density at radius 3 is 2.00 bits per heavy atom. The second-order valence-corrected chi connectivity index (χ2v) is 1.28. The van der Waals surface area contributed by atoms with Crippen molar-refractivity contribution in [2.75, 3.05) is 13.2 Å². The number of nitrogens with two attached hydrogens (primary N) is 1. The Balaban J connectivity index is 0. The lowest BCUT2D eigenvalue weighted by Crippen LogP contribution is -1.96. The lowest BCUT2D eigenvalue weighted by molar-refractivity contribution is -0.137. The molecule has 0 aliphatic heterocycles. The zero-order valence-corrected chi connectivity index (χ0v) is 5.50. The fraction of sp³-hybridized carbons (Fsp3) is 0.800. The van der Waals surface area contributed by atoms with E-state index in [2.05, 4.69) is 0 Å². The number of aliphatic carboxylic acids is 1. The first kappa shape index (κ1) is 11.2. The van der Waals surface area contributed by atoms with Crippen LogP contribution in [0.25, 0.3) is 0 Å². The third kappa shape index (κ3) is 37.6.